The van der Waals surface area contributed by atoms with E-state index >= 15 is 0 Å². The van der Waals surface area contributed by atoms with Crippen molar-refractivity contribution in [2.45, 2.75) is 71.4 Å². The summed E-state index contributed by atoms with van der Waals surface area (Å²) in [5.41, 5.74) is 5.32. The summed E-state index contributed by atoms with van der Waals surface area (Å²) in [6, 6.07) is 17.3. The number of rotatable bonds is 7. The number of aryl methyl sites for hydroxylation is 2. The summed E-state index contributed by atoms with van der Waals surface area (Å²) in [6.45, 7) is 11.5. The lowest BCUT2D eigenvalue weighted by Crippen LogP contribution is -2.45. The Bertz CT molecular complexity index is 1420. The first-order valence-electron chi connectivity index (χ1n) is 12.5. The normalized spacial score (nSPS) is 16.3. The van der Waals surface area contributed by atoms with Gasteiger partial charge in [0.1, 0.15) is 6.04 Å². The molecule has 3 aromatic carbocycles. The summed E-state index contributed by atoms with van der Waals surface area (Å²) < 4.78 is 29.9. The largest absolute Gasteiger partial charge is 0.274 e. The molecule has 1 fully saturated rings. The molecule has 1 aliphatic heterocycles. The van der Waals surface area contributed by atoms with Gasteiger partial charge in [-0.3, -0.25) is 9.59 Å². The van der Waals surface area contributed by atoms with Gasteiger partial charge in [0.15, 0.2) is 0 Å². The topological polar surface area (TPSA) is 74.8 Å². The molecule has 0 N–H and O–H groups in total. The molecule has 1 aliphatic rings. The lowest BCUT2D eigenvalue weighted by Gasteiger charge is -2.29. The highest BCUT2D eigenvalue weighted by Gasteiger charge is 2.47. The van der Waals surface area contributed by atoms with Crippen LogP contribution in [0.3, 0.4) is 0 Å². The number of amides is 2. The highest BCUT2D eigenvalue weighted by Crippen LogP contribution is 2.35. The van der Waals surface area contributed by atoms with Crippen LogP contribution in [0.2, 0.25) is 0 Å². The average molecular weight is 519 g/mol. The van der Waals surface area contributed by atoms with E-state index in [1.807, 2.05) is 62.4 Å². The minimum absolute atomic E-state index is 0.0150. The Balaban J connectivity index is 1.81. The van der Waals surface area contributed by atoms with Gasteiger partial charge in [-0.2, -0.15) is 4.31 Å². The first kappa shape index (κ1) is 26.8. The molecule has 0 aliphatic carbocycles. The van der Waals surface area contributed by atoms with Crippen molar-refractivity contribution in [1.82, 2.24) is 4.31 Å². The van der Waals surface area contributed by atoms with Gasteiger partial charge in [0.2, 0.25) is 15.9 Å². The van der Waals surface area contributed by atoms with Crippen LogP contribution in [0.15, 0.2) is 65.6 Å². The molecule has 0 radical (unpaired) electrons. The van der Waals surface area contributed by atoms with Crippen molar-refractivity contribution < 1.29 is 18.0 Å². The van der Waals surface area contributed by atoms with Crippen molar-refractivity contribution >= 4 is 27.5 Å². The van der Waals surface area contributed by atoms with Crippen molar-refractivity contribution in [2.24, 2.45) is 0 Å². The van der Waals surface area contributed by atoms with Crippen LogP contribution in [0.25, 0.3) is 0 Å². The molecule has 0 saturated carbocycles. The molecular weight excluding hydrogens is 484 g/mol. The van der Waals surface area contributed by atoms with Gasteiger partial charge in [-0.25, -0.2) is 13.3 Å². The molecule has 3 aromatic rings. The second kappa shape index (κ2) is 10.2. The summed E-state index contributed by atoms with van der Waals surface area (Å²) in [5.74, 6) is -0.626. The molecule has 1 saturated heterocycles. The minimum Gasteiger partial charge on any atom is -0.274 e. The van der Waals surface area contributed by atoms with Crippen LogP contribution in [0.5, 0.6) is 0 Å². The van der Waals surface area contributed by atoms with E-state index in [1.54, 1.807) is 26.0 Å². The predicted molar refractivity (Wildman–Crippen MR) is 146 cm³/mol. The molecule has 194 valence electrons. The molecule has 1 heterocycles. The zero-order chi connectivity index (χ0) is 27.1. The number of sulfonamides is 1. The number of carbonyl (C=O) groups excluding carboxylic acids is 2. The second-order valence-electron chi connectivity index (χ2n) is 10.2. The first-order chi connectivity index (χ1) is 17.4. The summed E-state index contributed by atoms with van der Waals surface area (Å²) in [4.78, 5) is 28.2. The van der Waals surface area contributed by atoms with Crippen LogP contribution in [-0.4, -0.2) is 30.6 Å². The minimum atomic E-state index is -4.14. The van der Waals surface area contributed by atoms with E-state index in [0.29, 0.717) is 22.7 Å². The number of imide groups is 1. The Morgan fingerprint density at radius 2 is 1.46 bits per heavy atom. The van der Waals surface area contributed by atoms with E-state index in [2.05, 4.69) is 13.8 Å². The fourth-order valence-electron chi connectivity index (χ4n) is 4.93. The number of hydrogen-bond donors (Lipinski definition) is 0. The van der Waals surface area contributed by atoms with Gasteiger partial charge in [0.25, 0.3) is 5.91 Å². The van der Waals surface area contributed by atoms with Crippen molar-refractivity contribution in [3.63, 3.8) is 0 Å². The van der Waals surface area contributed by atoms with Crippen molar-refractivity contribution in [1.29, 1.82) is 0 Å². The lowest BCUT2D eigenvalue weighted by atomic mass is 10.0. The molecule has 2 amide bonds. The number of anilines is 1. The summed E-state index contributed by atoms with van der Waals surface area (Å²) in [7, 11) is -4.14. The molecule has 0 bridgehead atoms. The van der Waals surface area contributed by atoms with Gasteiger partial charge in [-0.15, -0.1) is 0 Å². The van der Waals surface area contributed by atoms with Crippen LogP contribution >= 0.6 is 0 Å². The predicted octanol–water partition coefficient (Wildman–Crippen LogP) is 5.57. The highest BCUT2D eigenvalue weighted by atomic mass is 32.2. The molecule has 1 atom stereocenters. The molecule has 6 nitrogen and oxygen atoms in total. The maximum absolute atomic E-state index is 14.3. The molecular formula is C30H34N2O4S. The maximum Gasteiger partial charge on any atom is 0.252 e. The van der Waals surface area contributed by atoms with Gasteiger partial charge >= 0.3 is 0 Å². The lowest BCUT2D eigenvalue weighted by molar-refractivity contribution is -0.122. The molecule has 0 spiro atoms. The number of benzene rings is 3. The Kier molecular flexibility index (Phi) is 7.40. The van der Waals surface area contributed by atoms with Crippen molar-refractivity contribution in [2.75, 3.05) is 4.90 Å². The van der Waals surface area contributed by atoms with E-state index < -0.39 is 27.9 Å². The summed E-state index contributed by atoms with van der Waals surface area (Å²) in [6.07, 6.45) is -0.209. The van der Waals surface area contributed by atoms with Crippen LogP contribution in [-0.2, 0) is 26.2 Å². The highest BCUT2D eigenvalue weighted by molar-refractivity contribution is 7.89. The van der Waals surface area contributed by atoms with E-state index in [-0.39, 0.29) is 17.9 Å². The van der Waals surface area contributed by atoms with E-state index in [0.717, 1.165) is 27.2 Å². The van der Waals surface area contributed by atoms with E-state index in [1.165, 1.54) is 4.31 Å². The third-order valence-corrected chi connectivity index (χ3v) is 9.46. The molecule has 37 heavy (non-hydrogen) atoms. The summed E-state index contributed by atoms with van der Waals surface area (Å²) >= 11 is 0. The average Bonchev–Trinajstić information content (AvgIpc) is 3.15. The number of carbonyl (C=O) groups is 2. The fourth-order valence-corrected chi connectivity index (χ4v) is 7.08. The van der Waals surface area contributed by atoms with Gasteiger partial charge < -0.3 is 0 Å². The Labute approximate surface area is 220 Å². The molecule has 0 aromatic heterocycles. The number of nitrogens with zero attached hydrogens (tertiary/aromatic N) is 2. The monoisotopic (exact) mass is 518 g/mol. The number of hydrogen-bond acceptors (Lipinski definition) is 4. The molecule has 7 heteroatoms. The van der Waals surface area contributed by atoms with Crippen LogP contribution in [0, 0.1) is 27.7 Å². The Hall–Kier alpha value is -3.29. The van der Waals surface area contributed by atoms with E-state index in [4.69, 9.17) is 0 Å². The third-order valence-electron chi connectivity index (χ3n) is 7.33. The standard InChI is InChI=1S/C30H34N2O4S/c1-19(2)25-12-14-26(15-13-25)32-28(33)17-27(30(32)34)31(18-24-10-8-7-9-11-24)37(35,36)29-22(5)20(3)16-21(4)23(29)6/h7-16,19,27H,17-18H2,1-6H3. The van der Waals surface area contributed by atoms with Crippen LogP contribution < -0.4 is 4.90 Å². The third kappa shape index (κ3) is 4.98. The maximum atomic E-state index is 14.3. The summed E-state index contributed by atoms with van der Waals surface area (Å²) in [5, 5.41) is 0. The van der Waals surface area contributed by atoms with E-state index in [9.17, 15) is 18.0 Å². The molecule has 4 rings (SSSR count). The van der Waals surface area contributed by atoms with Gasteiger partial charge in [-0.05, 0) is 79.1 Å². The fraction of sp³-hybridized carbons (Fsp3) is 0.333. The SMILES string of the molecule is Cc1cc(C)c(C)c(S(=O)(=O)N(Cc2ccccc2)C2CC(=O)N(c3ccc(C(C)C)cc3)C2=O)c1C. The smallest absolute Gasteiger partial charge is 0.252 e. The van der Waals surface area contributed by atoms with Crippen molar-refractivity contribution in [3.8, 4) is 0 Å². The van der Waals surface area contributed by atoms with Crippen LogP contribution in [0.4, 0.5) is 5.69 Å². The van der Waals surface area contributed by atoms with Gasteiger partial charge in [-0.1, -0.05) is 62.4 Å². The zero-order valence-electron chi connectivity index (χ0n) is 22.3. The quantitative estimate of drug-likeness (QED) is 0.384. The van der Waals surface area contributed by atoms with Crippen LogP contribution in [0.1, 0.15) is 59.6 Å². The Morgan fingerprint density at radius 1 is 0.892 bits per heavy atom. The van der Waals surface area contributed by atoms with Crippen molar-refractivity contribution in [3.05, 3.63) is 94.0 Å². The second-order valence-corrected chi connectivity index (χ2v) is 12.0. The first-order valence-corrected chi connectivity index (χ1v) is 14.0. The molecule has 1 unspecified atom stereocenters. The van der Waals surface area contributed by atoms with Gasteiger partial charge in [0.05, 0.1) is 17.0 Å². The van der Waals surface area contributed by atoms with Gasteiger partial charge in [0, 0.05) is 6.54 Å². The Morgan fingerprint density at radius 3 is 2.00 bits per heavy atom. The zero-order valence-corrected chi connectivity index (χ0v) is 23.1.